The molecule has 6 heteroatoms. The van der Waals surface area contributed by atoms with Gasteiger partial charge in [-0.2, -0.15) is 0 Å². The van der Waals surface area contributed by atoms with Gasteiger partial charge in [-0.05, 0) is 47.9 Å². The van der Waals surface area contributed by atoms with Gasteiger partial charge in [0.05, 0.1) is 18.8 Å². The third kappa shape index (κ3) is 3.60. The first-order valence-electron chi connectivity index (χ1n) is 10.5. The molecule has 0 spiro atoms. The molecule has 0 saturated heterocycles. The molecule has 4 aromatic rings. The van der Waals surface area contributed by atoms with Crippen molar-refractivity contribution in [1.82, 2.24) is 9.97 Å². The normalized spacial score (nSPS) is 16.5. The molecule has 4 nitrogen and oxygen atoms in total. The number of ether oxygens (including phenoxy) is 1. The molecular formula is C25H26ClN3OS. The number of H-pyrrole nitrogens is 1. The van der Waals surface area contributed by atoms with E-state index in [2.05, 4.69) is 60.3 Å². The second-order valence-electron chi connectivity index (χ2n) is 9.09. The minimum atomic E-state index is 0.0309. The number of anilines is 1. The molecule has 1 aliphatic rings. The molecule has 5 rings (SSSR count). The standard InChI is InChI=1S/C25H26ClN3OS/c1-25(2,3)21-14-31-24(28-21)29-12-11-18-19-13-16(26)7-10-20(19)27-22(18)23(29)15-5-8-17(30-4)9-6-15/h5-10,13-14,23,27H,11-12H2,1-4H3. The molecule has 1 aliphatic heterocycles. The molecule has 1 N–H and O–H groups in total. The van der Waals surface area contributed by atoms with Crippen molar-refractivity contribution < 1.29 is 4.74 Å². The van der Waals surface area contributed by atoms with Crippen molar-refractivity contribution in [2.45, 2.75) is 38.6 Å². The van der Waals surface area contributed by atoms with E-state index < -0.39 is 0 Å². The number of halogens is 1. The van der Waals surface area contributed by atoms with E-state index in [1.54, 1.807) is 18.4 Å². The summed E-state index contributed by atoms with van der Waals surface area (Å²) in [5, 5.41) is 5.25. The predicted octanol–water partition coefficient (Wildman–Crippen LogP) is 6.74. The Hall–Kier alpha value is -2.50. The lowest BCUT2D eigenvalue weighted by molar-refractivity contribution is 0.414. The zero-order chi connectivity index (χ0) is 21.8. The smallest absolute Gasteiger partial charge is 0.186 e. The monoisotopic (exact) mass is 451 g/mol. The quantitative estimate of drug-likeness (QED) is 0.375. The van der Waals surface area contributed by atoms with E-state index in [0.717, 1.165) is 40.1 Å². The molecule has 1 atom stereocenters. The number of nitrogens with zero attached hydrogens (tertiary/aromatic N) is 2. The van der Waals surface area contributed by atoms with Crippen LogP contribution < -0.4 is 9.64 Å². The van der Waals surface area contributed by atoms with E-state index in [0.29, 0.717) is 0 Å². The molecule has 0 bridgehead atoms. The highest BCUT2D eigenvalue weighted by atomic mass is 35.5. The summed E-state index contributed by atoms with van der Waals surface area (Å²) in [4.78, 5) is 11.2. The van der Waals surface area contributed by atoms with Crippen LogP contribution in [0.1, 0.15) is 49.3 Å². The summed E-state index contributed by atoms with van der Waals surface area (Å²) in [6, 6.07) is 14.5. The third-order valence-electron chi connectivity index (χ3n) is 6.03. The number of aromatic nitrogens is 2. The molecule has 31 heavy (non-hydrogen) atoms. The van der Waals surface area contributed by atoms with E-state index in [9.17, 15) is 0 Å². The van der Waals surface area contributed by atoms with Gasteiger partial charge in [0.2, 0.25) is 0 Å². The van der Waals surface area contributed by atoms with Gasteiger partial charge < -0.3 is 14.6 Å². The molecule has 160 valence electrons. The zero-order valence-corrected chi connectivity index (χ0v) is 19.8. The molecule has 2 aromatic carbocycles. The summed E-state index contributed by atoms with van der Waals surface area (Å²) in [5.74, 6) is 0.860. The van der Waals surface area contributed by atoms with E-state index >= 15 is 0 Å². The minimum absolute atomic E-state index is 0.0309. The van der Waals surface area contributed by atoms with Crippen molar-refractivity contribution in [2.75, 3.05) is 18.6 Å². The van der Waals surface area contributed by atoms with Crippen molar-refractivity contribution in [1.29, 1.82) is 0 Å². The highest BCUT2D eigenvalue weighted by molar-refractivity contribution is 7.13. The van der Waals surface area contributed by atoms with Gasteiger partial charge in [-0.3, -0.25) is 0 Å². The average Bonchev–Trinajstić information content (AvgIpc) is 3.38. The Bertz CT molecular complexity index is 1240. The molecule has 2 aromatic heterocycles. The first-order valence-corrected chi connectivity index (χ1v) is 11.8. The molecule has 0 saturated carbocycles. The van der Waals surface area contributed by atoms with Gasteiger partial charge in [0.15, 0.2) is 5.13 Å². The highest BCUT2D eigenvalue weighted by Gasteiger charge is 2.34. The molecule has 3 heterocycles. The van der Waals surface area contributed by atoms with Gasteiger partial charge in [0.1, 0.15) is 5.75 Å². The van der Waals surface area contributed by atoms with Crippen LogP contribution in [0.2, 0.25) is 5.02 Å². The predicted molar refractivity (Wildman–Crippen MR) is 130 cm³/mol. The van der Waals surface area contributed by atoms with Gasteiger partial charge >= 0.3 is 0 Å². The Morgan fingerprint density at radius 2 is 1.94 bits per heavy atom. The van der Waals surface area contributed by atoms with Gasteiger partial charge in [0.25, 0.3) is 0 Å². The highest BCUT2D eigenvalue weighted by Crippen LogP contribution is 2.43. The number of rotatable bonds is 3. The molecule has 1 unspecified atom stereocenters. The van der Waals surface area contributed by atoms with Crippen LogP contribution in [-0.2, 0) is 11.8 Å². The second-order valence-corrected chi connectivity index (χ2v) is 10.4. The van der Waals surface area contributed by atoms with Crippen molar-refractivity contribution in [3.63, 3.8) is 0 Å². The largest absolute Gasteiger partial charge is 0.497 e. The van der Waals surface area contributed by atoms with E-state index in [-0.39, 0.29) is 11.5 Å². The maximum absolute atomic E-state index is 6.33. The van der Waals surface area contributed by atoms with E-state index in [1.807, 2.05) is 18.2 Å². The molecule has 0 aliphatic carbocycles. The lowest BCUT2D eigenvalue weighted by Gasteiger charge is -2.36. The van der Waals surface area contributed by atoms with Crippen molar-refractivity contribution >= 4 is 39.0 Å². The number of benzene rings is 2. The third-order valence-corrected chi connectivity index (χ3v) is 7.14. The Balaban J connectivity index is 1.66. The minimum Gasteiger partial charge on any atom is -0.497 e. The van der Waals surface area contributed by atoms with Gasteiger partial charge in [-0.1, -0.05) is 44.5 Å². The number of nitrogens with one attached hydrogen (secondary N) is 1. The summed E-state index contributed by atoms with van der Waals surface area (Å²) < 4.78 is 5.39. The fourth-order valence-electron chi connectivity index (χ4n) is 4.34. The maximum Gasteiger partial charge on any atom is 0.186 e. The average molecular weight is 452 g/mol. The Morgan fingerprint density at radius 3 is 2.61 bits per heavy atom. The van der Waals surface area contributed by atoms with Crippen molar-refractivity contribution in [3.8, 4) is 5.75 Å². The van der Waals surface area contributed by atoms with Gasteiger partial charge in [-0.25, -0.2) is 4.98 Å². The lowest BCUT2D eigenvalue weighted by Crippen LogP contribution is -2.36. The fraction of sp³-hybridized carbons (Fsp3) is 0.320. The number of hydrogen-bond acceptors (Lipinski definition) is 4. The molecule has 0 radical (unpaired) electrons. The van der Waals surface area contributed by atoms with Crippen LogP contribution >= 0.6 is 22.9 Å². The van der Waals surface area contributed by atoms with Crippen molar-refractivity contribution in [2.24, 2.45) is 0 Å². The summed E-state index contributed by atoms with van der Waals surface area (Å²) in [5.41, 5.74) is 6.08. The Morgan fingerprint density at radius 1 is 1.16 bits per heavy atom. The fourth-order valence-corrected chi connectivity index (χ4v) is 5.62. The summed E-state index contributed by atoms with van der Waals surface area (Å²) in [6.45, 7) is 7.54. The number of fused-ring (bicyclic) bond motifs is 3. The van der Waals surface area contributed by atoms with E-state index in [4.69, 9.17) is 21.3 Å². The van der Waals surface area contributed by atoms with Crippen LogP contribution in [0.4, 0.5) is 5.13 Å². The summed E-state index contributed by atoms with van der Waals surface area (Å²) >= 11 is 8.06. The first kappa shape index (κ1) is 20.4. The maximum atomic E-state index is 6.33. The van der Waals surface area contributed by atoms with Gasteiger partial charge in [-0.15, -0.1) is 11.3 Å². The van der Waals surface area contributed by atoms with Crippen LogP contribution in [0.15, 0.2) is 47.8 Å². The van der Waals surface area contributed by atoms with Crippen LogP contribution in [-0.4, -0.2) is 23.6 Å². The number of hydrogen-bond donors (Lipinski definition) is 1. The zero-order valence-electron chi connectivity index (χ0n) is 18.2. The van der Waals surface area contributed by atoms with E-state index in [1.165, 1.54) is 22.2 Å². The molecule has 0 amide bonds. The Kier molecular flexibility index (Phi) is 4.98. The van der Waals surface area contributed by atoms with Crippen LogP contribution in [0.5, 0.6) is 5.75 Å². The Labute approximate surface area is 191 Å². The summed E-state index contributed by atoms with van der Waals surface area (Å²) in [6.07, 6.45) is 0.951. The first-order chi connectivity index (χ1) is 14.8. The van der Waals surface area contributed by atoms with Crippen LogP contribution in [0.25, 0.3) is 10.9 Å². The second kappa shape index (κ2) is 7.57. The summed E-state index contributed by atoms with van der Waals surface area (Å²) in [7, 11) is 1.70. The lowest BCUT2D eigenvalue weighted by atomic mass is 9.92. The van der Waals surface area contributed by atoms with Crippen LogP contribution in [0, 0.1) is 0 Å². The van der Waals surface area contributed by atoms with Crippen molar-refractivity contribution in [3.05, 3.63) is 75.4 Å². The number of thiazole rings is 1. The van der Waals surface area contributed by atoms with Crippen LogP contribution in [0.3, 0.4) is 0 Å². The number of methoxy groups -OCH3 is 1. The number of aromatic amines is 1. The molecule has 0 fully saturated rings. The van der Waals surface area contributed by atoms with Gasteiger partial charge in [0, 0.05) is 39.0 Å². The SMILES string of the molecule is COc1ccc(C2c3[nH]c4ccc(Cl)cc4c3CCN2c2nc(C(C)(C)C)cs2)cc1. The molecular weight excluding hydrogens is 426 g/mol. The topological polar surface area (TPSA) is 41.1 Å².